The zero-order valence-electron chi connectivity index (χ0n) is 12.4. The average Bonchev–Trinajstić information content (AvgIpc) is 3.11. The van der Waals surface area contributed by atoms with Gasteiger partial charge >= 0.3 is 0 Å². The Balaban J connectivity index is 1.90. The highest BCUT2D eigenvalue weighted by Crippen LogP contribution is 2.34. The second kappa shape index (κ2) is 5.54. The molecule has 23 heavy (non-hydrogen) atoms. The number of rotatable bonds is 3. The molecule has 1 aromatic heterocycles. The molecule has 0 aliphatic heterocycles. The molecular weight excluding hydrogens is 284 g/mol. The minimum absolute atomic E-state index is 0.678. The van der Waals surface area contributed by atoms with Crippen LogP contribution in [0.5, 0.6) is 0 Å². The van der Waals surface area contributed by atoms with Crippen LogP contribution >= 0.6 is 0 Å². The van der Waals surface area contributed by atoms with Crippen LogP contribution < -0.4 is 0 Å². The first kappa shape index (κ1) is 13.5. The lowest BCUT2D eigenvalue weighted by molar-refractivity contribution is 0.403. The number of fused-ring (bicyclic) bond motifs is 1. The van der Waals surface area contributed by atoms with Crippen LogP contribution in [0.4, 0.5) is 0 Å². The van der Waals surface area contributed by atoms with Crippen molar-refractivity contribution in [3.8, 4) is 22.6 Å². The lowest BCUT2D eigenvalue weighted by atomic mass is 9.99. The predicted molar refractivity (Wildman–Crippen MR) is 92.8 cm³/mol. The Kier molecular flexibility index (Phi) is 3.24. The SMILES string of the molecule is C=Cc1ccc(-c2onnc2-c2cccc3ccccc23)cc1. The van der Waals surface area contributed by atoms with Crippen LogP contribution in [0.25, 0.3) is 39.4 Å². The first-order valence-corrected chi connectivity index (χ1v) is 7.40. The van der Waals surface area contributed by atoms with Crippen LogP contribution in [0.3, 0.4) is 0 Å². The Morgan fingerprint density at radius 1 is 0.870 bits per heavy atom. The molecule has 4 rings (SSSR count). The van der Waals surface area contributed by atoms with E-state index in [1.54, 1.807) is 0 Å². The minimum atomic E-state index is 0.678. The van der Waals surface area contributed by atoms with Crippen LogP contribution in [0.15, 0.2) is 77.8 Å². The second-order valence-corrected chi connectivity index (χ2v) is 5.30. The molecule has 0 amide bonds. The number of nitrogens with zero attached hydrogens (tertiary/aromatic N) is 2. The van der Waals surface area contributed by atoms with Crippen molar-refractivity contribution >= 4 is 16.8 Å². The zero-order valence-corrected chi connectivity index (χ0v) is 12.4. The number of aromatic nitrogens is 2. The maximum atomic E-state index is 5.44. The molecule has 0 N–H and O–H groups in total. The molecular formula is C20H14N2O. The van der Waals surface area contributed by atoms with Gasteiger partial charge in [0.25, 0.3) is 0 Å². The molecule has 0 aliphatic carbocycles. The van der Waals surface area contributed by atoms with Gasteiger partial charge in [-0.1, -0.05) is 79.4 Å². The quantitative estimate of drug-likeness (QED) is 0.522. The van der Waals surface area contributed by atoms with E-state index in [-0.39, 0.29) is 0 Å². The van der Waals surface area contributed by atoms with E-state index in [4.69, 9.17) is 4.52 Å². The summed E-state index contributed by atoms with van der Waals surface area (Å²) >= 11 is 0. The van der Waals surface area contributed by atoms with Crippen LogP contribution in [-0.4, -0.2) is 10.4 Å². The smallest absolute Gasteiger partial charge is 0.195 e. The lowest BCUT2D eigenvalue weighted by Gasteiger charge is -2.05. The van der Waals surface area contributed by atoms with Gasteiger partial charge in [-0.3, -0.25) is 0 Å². The summed E-state index contributed by atoms with van der Waals surface area (Å²) in [4.78, 5) is 0. The third kappa shape index (κ3) is 2.32. The third-order valence-electron chi connectivity index (χ3n) is 3.94. The fraction of sp³-hybridized carbons (Fsp3) is 0. The molecule has 110 valence electrons. The van der Waals surface area contributed by atoms with Crippen molar-refractivity contribution in [2.45, 2.75) is 0 Å². The highest BCUT2D eigenvalue weighted by Gasteiger charge is 2.16. The molecule has 0 bridgehead atoms. The van der Waals surface area contributed by atoms with Gasteiger partial charge in [-0.25, -0.2) is 0 Å². The largest absolute Gasteiger partial charge is 0.336 e. The monoisotopic (exact) mass is 298 g/mol. The average molecular weight is 298 g/mol. The fourth-order valence-electron chi connectivity index (χ4n) is 2.76. The molecule has 0 unspecified atom stereocenters. The highest BCUT2D eigenvalue weighted by atomic mass is 16.5. The number of hydrogen-bond acceptors (Lipinski definition) is 3. The van der Waals surface area contributed by atoms with Crippen molar-refractivity contribution in [1.29, 1.82) is 0 Å². The Morgan fingerprint density at radius 3 is 2.48 bits per heavy atom. The van der Waals surface area contributed by atoms with Gasteiger partial charge < -0.3 is 4.52 Å². The summed E-state index contributed by atoms with van der Waals surface area (Å²) in [6.07, 6.45) is 1.81. The van der Waals surface area contributed by atoms with Gasteiger partial charge in [0.1, 0.15) is 5.69 Å². The van der Waals surface area contributed by atoms with E-state index in [2.05, 4.69) is 35.1 Å². The van der Waals surface area contributed by atoms with Crippen LogP contribution in [-0.2, 0) is 0 Å². The molecule has 1 heterocycles. The molecule has 0 fully saturated rings. The van der Waals surface area contributed by atoms with Crippen molar-refractivity contribution in [2.75, 3.05) is 0 Å². The van der Waals surface area contributed by atoms with E-state index in [0.29, 0.717) is 5.76 Å². The van der Waals surface area contributed by atoms with E-state index in [9.17, 15) is 0 Å². The van der Waals surface area contributed by atoms with Crippen molar-refractivity contribution in [2.24, 2.45) is 0 Å². The Hall–Kier alpha value is -3.20. The Morgan fingerprint density at radius 2 is 1.65 bits per heavy atom. The standard InChI is InChI=1S/C20H14N2O/c1-2-14-10-12-16(13-11-14)20-19(21-22-23-20)18-9-5-7-15-6-3-4-8-17(15)18/h2-13H,1H2. The Bertz CT molecular complexity index is 979. The summed E-state index contributed by atoms with van der Waals surface area (Å²) in [5, 5.41) is 10.3. The van der Waals surface area contributed by atoms with Gasteiger partial charge in [0.05, 0.1) is 0 Å². The van der Waals surface area contributed by atoms with Crippen molar-refractivity contribution < 1.29 is 4.52 Å². The van der Waals surface area contributed by atoms with Crippen molar-refractivity contribution in [3.63, 3.8) is 0 Å². The van der Waals surface area contributed by atoms with Crippen LogP contribution in [0.1, 0.15) is 5.56 Å². The molecule has 0 spiro atoms. The third-order valence-corrected chi connectivity index (χ3v) is 3.94. The van der Waals surface area contributed by atoms with Gasteiger partial charge in [-0.15, -0.1) is 5.10 Å². The van der Waals surface area contributed by atoms with E-state index in [1.807, 2.05) is 54.6 Å². The van der Waals surface area contributed by atoms with Gasteiger partial charge in [-0.05, 0) is 16.3 Å². The molecule has 3 heteroatoms. The van der Waals surface area contributed by atoms with Gasteiger partial charge in [-0.2, -0.15) is 0 Å². The molecule has 0 atom stereocenters. The summed E-state index contributed by atoms with van der Waals surface area (Å²) in [6.45, 7) is 3.77. The zero-order chi connectivity index (χ0) is 15.6. The maximum Gasteiger partial charge on any atom is 0.195 e. The summed E-state index contributed by atoms with van der Waals surface area (Å²) in [6, 6.07) is 22.4. The molecule has 0 saturated carbocycles. The highest BCUT2D eigenvalue weighted by molar-refractivity contribution is 5.98. The summed E-state index contributed by atoms with van der Waals surface area (Å²) < 4.78 is 5.44. The predicted octanol–water partition coefficient (Wildman–Crippen LogP) is 5.20. The minimum Gasteiger partial charge on any atom is -0.336 e. The van der Waals surface area contributed by atoms with E-state index >= 15 is 0 Å². The number of hydrogen-bond donors (Lipinski definition) is 0. The topological polar surface area (TPSA) is 38.9 Å². The normalized spacial score (nSPS) is 10.8. The molecule has 3 nitrogen and oxygen atoms in total. The lowest BCUT2D eigenvalue weighted by Crippen LogP contribution is -1.85. The number of benzene rings is 3. The van der Waals surface area contributed by atoms with E-state index in [0.717, 1.165) is 27.8 Å². The molecule has 0 radical (unpaired) electrons. The van der Waals surface area contributed by atoms with Gasteiger partial charge in [0, 0.05) is 16.4 Å². The van der Waals surface area contributed by atoms with Gasteiger partial charge in [0.2, 0.25) is 0 Å². The molecule has 0 saturated heterocycles. The first-order valence-electron chi connectivity index (χ1n) is 7.40. The summed E-state index contributed by atoms with van der Waals surface area (Å²) in [7, 11) is 0. The van der Waals surface area contributed by atoms with Gasteiger partial charge in [0.15, 0.2) is 5.76 Å². The van der Waals surface area contributed by atoms with E-state index in [1.165, 1.54) is 5.39 Å². The van der Waals surface area contributed by atoms with E-state index < -0.39 is 0 Å². The van der Waals surface area contributed by atoms with Crippen molar-refractivity contribution in [3.05, 3.63) is 78.9 Å². The summed E-state index contributed by atoms with van der Waals surface area (Å²) in [5.41, 5.74) is 3.79. The fourth-order valence-corrected chi connectivity index (χ4v) is 2.76. The molecule has 0 aliphatic rings. The first-order chi connectivity index (χ1) is 11.4. The van der Waals surface area contributed by atoms with Crippen molar-refractivity contribution in [1.82, 2.24) is 10.4 Å². The Labute approximate surface area is 133 Å². The second-order valence-electron chi connectivity index (χ2n) is 5.30. The van der Waals surface area contributed by atoms with Crippen LogP contribution in [0, 0.1) is 0 Å². The molecule has 4 aromatic rings. The maximum absolute atomic E-state index is 5.44. The summed E-state index contributed by atoms with van der Waals surface area (Å²) in [5.74, 6) is 0.678. The van der Waals surface area contributed by atoms with Crippen LogP contribution in [0.2, 0.25) is 0 Å². The molecule has 3 aromatic carbocycles.